The zero-order valence-corrected chi connectivity index (χ0v) is 48.4. The maximum atomic E-state index is 14.7. The third-order valence-corrected chi connectivity index (χ3v) is 21.5. The number of allylic oxidation sites excluding steroid dienone is 2. The Kier molecular flexibility index (Phi) is 18.7. The molecule has 0 aromatic rings. The van der Waals surface area contributed by atoms with Crippen molar-refractivity contribution in [3.8, 4) is 0 Å². The first-order valence-electron chi connectivity index (χ1n) is 27.7. The second-order valence-corrected chi connectivity index (χ2v) is 26.4. The van der Waals surface area contributed by atoms with Gasteiger partial charge >= 0.3 is 35.5 Å². The van der Waals surface area contributed by atoms with Crippen LogP contribution in [0.1, 0.15) is 113 Å². The minimum atomic E-state index is -2.41. The Hall–Kier alpha value is -0.630. The number of hydrogen-bond donors (Lipinski definition) is 13. The Morgan fingerprint density at radius 3 is 1.83 bits per heavy atom. The number of fused-ring (bicyclic) bond motifs is 7. The predicted molar refractivity (Wildman–Crippen MR) is 261 cm³/mol. The summed E-state index contributed by atoms with van der Waals surface area (Å²) in [5, 5.41) is 156. The van der Waals surface area contributed by atoms with Crippen LogP contribution in [-0.2, 0) is 42.7 Å². The molecule has 5 aliphatic carbocycles. The molecule has 29 atom stereocenters. The quantitative estimate of drug-likeness (QED) is 0.0521. The smallest absolute Gasteiger partial charge is 0.848 e. The molecular weight excluding hydrogens is 1040 g/mol. The Balaban J connectivity index is 0.00000803. The molecule has 24 heteroatoms. The summed E-state index contributed by atoms with van der Waals surface area (Å²) < 4.78 is 47.2. The van der Waals surface area contributed by atoms with E-state index in [0.717, 1.165) is 38.5 Å². The molecular formula is C54H87NaO23. The number of ether oxygens (including phenoxy) is 8. The molecule has 4 aliphatic heterocycles. The number of aliphatic hydroxyl groups is 13. The molecule has 9 rings (SSSR count). The monoisotopic (exact) mass is 1130 g/mol. The summed E-state index contributed by atoms with van der Waals surface area (Å²) in [6, 6.07) is 0. The maximum Gasteiger partial charge on any atom is 1.00 e. The van der Waals surface area contributed by atoms with Gasteiger partial charge < -0.3 is 109 Å². The van der Waals surface area contributed by atoms with Crippen LogP contribution >= 0.6 is 0 Å². The average Bonchev–Trinajstić information content (AvgIpc) is 3.46. The fourth-order valence-electron chi connectivity index (χ4n) is 16.4. The molecule has 0 aromatic carbocycles. The maximum absolute atomic E-state index is 14.7. The van der Waals surface area contributed by atoms with Crippen LogP contribution < -0.4 is 34.7 Å². The number of carbonyl (C=O) groups excluding carboxylic acids is 1. The summed E-state index contributed by atoms with van der Waals surface area (Å²) in [5.41, 5.74) is -0.663. The van der Waals surface area contributed by atoms with Gasteiger partial charge in [0.15, 0.2) is 31.3 Å². The zero-order valence-electron chi connectivity index (χ0n) is 46.4. The predicted octanol–water partition coefficient (Wildman–Crippen LogP) is -5.66. The SMILES string of the molecule is C[C@@H]1O[C@@H](O[C@H]2[C@@H](O[C@@H]3O[C@H](CO)[C@H](O)[C@H](O)[C@H]3O[C@@H]3O[C@H](CO)[C@@H](O)[C@H](O)[C@H]3O)O[C@H](C(=O)OC3CC[C@@]4(C)C(CC[C@]5(C)C4CC=C4[C@H]6CC(C)(C)CC[C@]6(CO)[C@@H](O)C[C@]45C)C3(C)C)[C@H](O)[C@@H]2[O-])[C@H](O)[C@H](O)[C@H]1O.[Na+]. The van der Waals surface area contributed by atoms with E-state index >= 15 is 0 Å². The molecule has 0 radical (unpaired) electrons. The van der Waals surface area contributed by atoms with Crippen molar-refractivity contribution in [1.82, 2.24) is 0 Å². The van der Waals surface area contributed by atoms with Crippen LogP contribution in [0.15, 0.2) is 11.6 Å². The van der Waals surface area contributed by atoms with Gasteiger partial charge in [0.25, 0.3) is 0 Å². The van der Waals surface area contributed by atoms with Crippen LogP contribution in [0.5, 0.6) is 0 Å². The summed E-state index contributed by atoms with van der Waals surface area (Å²) in [6.45, 7) is 15.2. The van der Waals surface area contributed by atoms with E-state index in [1.807, 2.05) is 13.8 Å². The van der Waals surface area contributed by atoms with Crippen molar-refractivity contribution < 1.29 is 144 Å². The first-order valence-corrected chi connectivity index (χ1v) is 27.7. The Labute approximate surface area is 477 Å². The van der Waals surface area contributed by atoms with E-state index in [1.54, 1.807) is 0 Å². The van der Waals surface area contributed by atoms with E-state index in [4.69, 9.17) is 37.9 Å². The van der Waals surface area contributed by atoms with Gasteiger partial charge in [-0.25, -0.2) is 4.79 Å². The molecule has 78 heavy (non-hydrogen) atoms. The Bertz CT molecular complexity index is 2140. The van der Waals surface area contributed by atoms with Crippen molar-refractivity contribution in [3.05, 3.63) is 11.6 Å². The number of aliphatic hydroxyl groups excluding tert-OH is 13. The Morgan fingerprint density at radius 2 is 1.21 bits per heavy atom. The molecule has 0 spiro atoms. The minimum Gasteiger partial charge on any atom is -0.848 e. The van der Waals surface area contributed by atoms with Gasteiger partial charge in [-0.15, -0.1) is 0 Å². The normalized spacial score (nSPS) is 53.7. The van der Waals surface area contributed by atoms with Gasteiger partial charge in [0, 0.05) is 10.8 Å². The van der Waals surface area contributed by atoms with E-state index in [1.165, 1.54) is 12.5 Å². The molecule has 4 saturated carbocycles. The van der Waals surface area contributed by atoms with Gasteiger partial charge in [0.05, 0.1) is 38.1 Å². The third-order valence-electron chi connectivity index (χ3n) is 21.5. The molecule has 13 N–H and O–H groups in total. The van der Waals surface area contributed by atoms with Crippen molar-refractivity contribution in [3.63, 3.8) is 0 Å². The van der Waals surface area contributed by atoms with Gasteiger partial charge in [-0.3, -0.25) is 0 Å². The first kappa shape index (κ1) is 63.4. The molecule has 8 fully saturated rings. The minimum absolute atomic E-state index is 0. The Morgan fingerprint density at radius 1 is 0.628 bits per heavy atom. The molecule has 23 nitrogen and oxygen atoms in total. The van der Waals surface area contributed by atoms with Gasteiger partial charge in [-0.1, -0.05) is 66.2 Å². The van der Waals surface area contributed by atoms with Crippen molar-refractivity contribution in [2.24, 2.45) is 50.2 Å². The zero-order chi connectivity index (χ0) is 56.4. The van der Waals surface area contributed by atoms with Gasteiger partial charge in [0.2, 0.25) is 0 Å². The van der Waals surface area contributed by atoms with Crippen molar-refractivity contribution in [1.29, 1.82) is 0 Å². The molecule has 9 aliphatic rings. The van der Waals surface area contributed by atoms with Crippen LogP contribution in [0.4, 0.5) is 0 Å². The average molecular weight is 1130 g/mol. The standard InChI is InChI=1S/C54H87O23.Na/c1-22-31(59)34(62)39(67)45(70-22)75-43-38(66)37(65)41(74-48(43)77-47-42(36(64)33(61)26(20-56)72-47)76-46-40(68)35(63)32(60)25(19-55)71-46)44(69)73-30-12-13-51(6)27(50(30,4)5)11-14-52(7)28(51)10-9-23-24-17-49(2,3)15-16-54(24,21-57)29(58)18-53(23,52)8;/h9,22,24-43,45-48,55-65,67-68H,10-21H2,1-8H3;/q-1;+1/t22-,24+,25+,26+,27?,28?,29-,30?,31-,32+,33-,34+,35-,36-,37+,38-,39+,40+,41-,42+,43+,45-,46-,47-,48+,51-,52+,53+,54+;/m0./s1. The van der Waals surface area contributed by atoms with Crippen molar-refractivity contribution in [2.75, 3.05) is 19.8 Å². The fraction of sp³-hybridized carbons (Fsp3) is 0.944. The molecule has 4 heterocycles. The molecule has 0 bridgehead atoms. The van der Waals surface area contributed by atoms with Gasteiger partial charge in [-0.2, -0.15) is 0 Å². The molecule has 0 aromatic heterocycles. The number of carbonyl (C=O) groups is 1. The van der Waals surface area contributed by atoms with Gasteiger partial charge in [-0.05, 0) is 104 Å². The largest absolute Gasteiger partial charge is 1.00 e. The molecule has 442 valence electrons. The summed E-state index contributed by atoms with van der Waals surface area (Å²) >= 11 is 0. The van der Waals surface area contributed by atoms with Crippen LogP contribution in [-0.4, -0.2) is 227 Å². The van der Waals surface area contributed by atoms with Crippen LogP contribution in [0, 0.1) is 50.2 Å². The summed E-state index contributed by atoms with van der Waals surface area (Å²) in [5.74, 6) is -0.899. The molecule has 4 saturated heterocycles. The number of rotatable bonds is 11. The molecule has 3 unspecified atom stereocenters. The van der Waals surface area contributed by atoms with Crippen LogP contribution in [0.3, 0.4) is 0 Å². The second-order valence-electron chi connectivity index (χ2n) is 26.4. The third kappa shape index (κ3) is 10.3. The second kappa shape index (κ2) is 23.0. The van der Waals surface area contributed by atoms with Crippen LogP contribution in [0.2, 0.25) is 0 Å². The number of esters is 1. The topological polar surface area (TPSA) is 377 Å². The van der Waals surface area contributed by atoms with E-state index in [-0.39, 0.29) is 75.6 Å². The van der Waals surface area contributed by atoms with Gasteiger partial charge in [0.1, 0.15) is 79.4 Å². The molecule has 0 amide bonds. The van der Waals surface area contributed by atoms with Crippen molar-refractivity contribution >= 4 is 5.97 Å². The number of hydrogen-bond acceptors (Lipinski definition) is 23. The fourth-order valence-corrected chi connectivity index (χ4v) is 16.4. The van der Waals surface area contributed by atoms with Crippen molar-refractivity contribution in [2.45, 2.75) is 248 Å². The summed E-state index contributed by atoms with van der Waals surface area (Å²) in [4.78, 5) is 14.7. The van der Waals surface area contributed by atoms with Crippen LogP contribution in [0.25, 0.3) is 0 Å². The van der Waals surface area contributed by atoms with E-state index < -0.39 is 165 Å². The summed E-state index contributed by atoms with van der Waals surface area (Å²) in [7, 11) is 0. The first-order chi connectivity index (χ1) is 36.0. The van der Waals surface area contributed by atoms with E-state index in [9.17, 15) is 76.3 Å². The van der Waals surface area contributed by atoms with E-state index in [2.05, 4.69) is 40.7 Å². The van der Waals surface area contributed by atoms with E-state index in [0.29, 0.717) is 19.3 Å². The summed E-state index contributed by atoms with van der Waals surface area (Å²) in [6.07, 6.45) is -30.9.